The van der Waals surface area contributed by atoms with Gasteiger partial charge in [-0.15, -0.1) is 0 Å². The number of rotatable bonds is 2. The van der Waals surface area contributed by atoms with Crippen LogP contribution in [0.25, 0.3) is 0 Å². The summed E-state index contributed by atoms with van der Waals surface area (Å²) in [4.78, 5) is 0. The Morgan fingerprint density at radius 3 is 2.67 bits per heavy atom. The lowest BCUT2D eigenvalue weighted by Crippen LogP contribution is -2.15. The molecule has 0 unspecified atom stereocenters. The van der Waals surface area contributed by atoms with E-state index in [4.69, 9.17) is 22.4 Å². The van der Waals surface area contributed by atoms with E-state index in [1.807, 2.05) is 6.92 Å². The number of aliphatic hydroxyl groups is 1. The molecular weight excluding hydrogens is 178 g/mol. The molecule has 3 N–H and O–H groups in total. The van der Waals surface area contributed by atoms with E-state index in [1.54, 1.807) is 11.7 Å². The SMILES string of the molecule is Cc1nn(C)c(Cl)c1[C@H](N)CO. The minimum absolute atomic E-state index is 0.119. The van der Waals surface area contributed by atoms with Crippen LogP contribution in [-0.2, 0) is 7.05 Å². The van der Waals surface area contributed by atoms with Gasteiger partial charge in [0.1, 0.15) is 5.15 Å². The third-order valence-electron chi connectivity index (χ3n) is 1.76. The molecule has 0 bridgehead atoms. The summed E-state index contributed by atoms with van der Waals surface area (Å²) in [5.74, 6) is 0. The largest absolute Gasteiger partial charge is 0.394 e. The fourth-order valence-electron chi connectivity index (χ4n) is 1.16. The van der Waals surface area contributed by atoms with Gasteiger partial charge in [-0.1, -0.05) is 11.6 Å². The van der Waals surface area contributed by atoms with Gasteiger partial charge in [0.2, 0.25) is 0 Å². The van der Waals surface area contributed by atoms with Gasteiger partial charge < -0.3 is 10.8 Å². The Morgan fingerprint density at radius 1 is 1.75 bits per heavy atom. The molecule has 0 aliphatic carbocycles. The van der Waals surface area contributed by atoms with Crippen LogP contribution in [0.15, 0.2) is 0 Å². The number of aryl methyl sites for hydroxylation is 2. The second-order valence-corrected chi connectivity index (χ2v) is 3.06. The fourth-order valence-corrected chi connectivity index (χ4v) is 1.47. The first-order chi connectivity index (χ1) is 5.57. The molecule has 4 nitrogen and oxygen atoms in total. The summed E-state index contributed by atoms with van der Waals surface area (Å²) in [5, 5.41) is 13.4. The van der Waals surface area contributed by atoms with E-state index in [-0.39, 0.29) is 6.61 Å². The molecule has 1 atom stereocenters. The zero-order chi connectivity index (χ0) is 9.30. The summed E-state index contributed by atoms with van der Waals surface area (Å²) in [7, 11) is 1.74. The first-order valence-electron chi connectivity index (χ1n) is 3.63. The lowest BCUT2D eigenvalue weighted by molar-refractivity contribution is 0.267. The molecule has 0 aromatic carbocycles. The first-order valence-corrected chi connectivity index (χ1v) is 4.01. The average molecular weight is 190 g/mol. The Labute approximate surface area is 75.9 Å². The van der Waals surface area contributed by atoms with E-state index >= 15 is 0 Å². The van der Waals surface area contributed by atoms with E-state index in [2.05, 4.69) is 5.10 Å². The standard InChI is InChI=1S/C7H12ClN3O/c1-4-6(5(9)3-12)7(8)11(2)10-4/h5,12H,3,9H2,1-2H3/t5-/m1/s1. The number of hydrogen-bond donors (Lipinski definition) is 2. The van der Waals surface area contributed by atoms with Gasteiger partial charge in [0.15, 0.2) is 0 Å². The Bertz CT molecular complexity index is 284. The minimum Gasteiger partial charge on any atom is -0.394 e. The number of nitrogens with two attached hydrogens (primary N) is 1. The maximum Gasteiger partial charge on any atom is 0.131 e. The van der Waals surface area contributed by atoms with Crippen LogP contribution < -0.4 is 5.73 Å². The molecule has 1 rings (SSSR count). The quantitative estimate of drug-likeness (QED) is 0.707. The van der Waals surface area contributed by atoms with Crippen molar-refractivity contribution < 1.29 is 5.11 Å². The van der Waals surface area contributed by atoms with Crippen molar-refractivity contribution in [3.8, 4) is 0 Å². The molecule has 0 saturated heterocycles. The monoisotopic (exact) mass is 189 g/mol. The maximum absolute atomic E-state index is 8.83. The van der Waals surface area contributed by atoms with Crippen LogP contribution in [0.2, 0.25) is 5.15 Å². The molecular formula is C7H12ClN3O. The van der Waals surface area contributed by atoms with E-state index in [1.165, 1.54) is 0 Å². The Kier molecular flexibility index (Phi) is 2.72. The topological polar surface area (TPSA) is 64.1 Å². The van der Waals surface area contributed by atoms with Gasteiger partial charge in [0.25, 0.3) is 0 Å². The summed E-state index contributed by atoms with van der Waals surface area (Å²) < 4.78 is 1.54. The van der Waals surface area contributed by atoms with Crippen molar-refractivity contribution in [3.05, 3.63) is 16.4 Å². The van der Waals surface area contributed by atoms with Crippen molar-refractivity contribution in [3.63, 3.8) is 0 Å². The second-order valence-electron chi connectivity index (χ2n) is 2.70. The number of aromatic nitrogens is 2. The van der Waals surface area contributed by atoms with Crippen molar-refractivity contribution in [1.82, 2.24) is 9.78 Å². The van der Waals surface area contributed by atoms with Gasteiger partial charge in [-0.25, -0.2) is 0 Å². The Hall–Kier alpha value is -0.580. The van der Waals surface area contributed by atoms with Crippen LogP contribution >= 0.6 is 11.6 Å². The Morgan fingerprint density at radius 2 is 2.33 bits per heavy atom. The highest BCUT2D eigenvalue weighted by Crippen LogP contribution is 2.23. The molecule has 5 heteroatoms. The number of aliphatic hydroxyl groups excluding tert-OH is 1. The summed E-state index contributed by atoms with van der Waals surface area (Å²) in [6, 6.07) is -0.439. The molecule has 12 heavy (non-hydrogen) atoms. The van der Waals surface area contributed by atoms with Gasteiger partial charge in [-0.3, -0.25) is 4.68 Å². The summed E-state index contributed by atoms with van der Waals surface area (Å²) in [5.41, 5.74) is 7.11. The van der Waals surface area contributed by atoms with Gasteiger partial charge in [-0.05, 0) is 6.92 Å². The highest BCUT2D eigenvalue weighted by molar-refractivity contribution is 6.30. The van der Waals surface area contributed by atoms with Crippen LogP contribution in [0.5, 0.6) is 0 Å². The van der Waals surface area contributed by atoms with Crippen LogP contribution in [0, 0.1) is 6.92 Å². The third kappa shape index (κ3) is 1.46. The maximum atomic E-state index is 8.83. The zero-order valence-electron chi connectivity index (χ0n) is 7.08. The molecule has 1 aromatic rings. The van der Waals surface area contributed by atoms with Crippen molar-refractivity contribution in [2.24, 2.45) is 12.8 Å². The number of halogens is 1. The Balaban J connectivity index is 3.13. The smallest absolute Gasteiger partial charge is 0.131 e. The number of hydrogen-bond acceptors (Lipinski definition) is 3. The van der Waals surface area contributed by atoms with Crippen LogP contribution in [0.3, 0.4) is 0 Å². The van der Waals surface area contributed by atoms with E-state index in [0.717, 1.165) is 11.3 Å². The average Bonchev–Trinajstić information content (AvgIpc) is 2.26. The first kappa shape index (κ1) is 9.51. The van der Waals surface area contributed by atoms with E-state index in [0.29, 0.717) is 5.15 Å². The molecule has 0 spiro atoms. The predicted molar refractivity (Wildman–Crippen MR) is 47.0 cm³/mol. The van der Waals surface area contributed by atoms with Crippen LogP contribution in [-0.4, -0.2) is 21.5 Å². The fraction of sp³-hybridized carbons (Fsp3) is 0.571. The molecule has 1 heterocycles. The molecule has 68 valence electrons. The van der Waals surface area contributed by atoms with Crippen molar-refractivity contribution in [1.29, 1.82) is 0 Å². The summed E-state index contributed by atoms with van der Waals surface area (Å²) >= 11 is 5.90. The third-order valence-corrected chi connectivity index (χ3v) is 2.21. The zero-order valence-corrected chi connectivity index (χ0v) is 7.84. The molecule has 0 radical (unpaired) electrons. The highest BCUT2D eigenvalue weighted by atomic mass is 35.5. The van der Waals surface area contributed by atoms with Gasteiger partial charge >= 0.3 is 0 Å². The van der Waals surface area contributed by atoms with Gasteiger partial charge in [0, 0.05) is 12.6 Å². The molecule has 0 fully saturated rings. The molecule has 0 aliphatic rings. The van der Waals surface area contributed by atoms with Gasteiger partial charge in [0.05, 0.1) is 18.3 Å². The van der Waals surface area contributed by atoms with Crippen molar-refractivity contribution >= 4 is 11.6 Å². The van der Waals surface area contributed by atoms with Crippen molar-refractivity contribution in [2.75, 3.05) is 6.61 Å². The van der Waals surface area contributed by atoms with E-state index < -0.39 is 6.04 Å². The summed E-state index contributed by atoms with van der Waals surface area (Å²) in [6.07, 6.45) is 0. The molecule has 0 aliphatic heterocycles. The van der Waals surface area contributed by atoms with E-state index in [9.17, 15) is 0 Å². The number of nitrogens with zero attached hydrogens (tertiary/aromatic N) is 2. The summed E-state index contributed by atoms with van der Waals surface area (Å²) in [6.45, 7) is 1.70. The molecule has 1 aromatic heterocycles. The lowest BCUT2D eigenvalue weighted by Gasteiger charge is -2.06. The second kappa shape index (κ2) is 3.43. The molecule has 0 saturated carbocycles. The predicted octanol–water partition coefficient (Wildman–Crippen LogP) is 0.374. The molecule has 0 amide bonds. The highest BCUT2D eigenvalue weighted by Gasteiger charge is 2.16. The minimum atomic E-state index is -0.439. The van der Waals surface area contributed by atoms with Crippen molar-refractivity contribution in [2.45, 2.75) is 13.0 Å². The normalized spacial score (nSPS) is 13.4. The van der Waals surface area contributed by atoms with Crippen LogP contribution in [0.1, 0.15) is 17.3 Å². The van der Waals surface area contributed by atoms with Crippen LogP contribution in [0.4, 0.5) is 0 Å². The van der Waals surface area contributed by atoms with Gasteiger partial charge in [-0.2, -0.15) is 5.10 Å². The lowest BCUT2D eigenvalue weighted by atomic mass is 10.1.